The summed E-state index contributed by atoms with van der Waals surface area (Å²) < 4.78 is 33.2. The van der Waals surface area contributed by atoms with Gasteiger partial charge in [-0.3, -0.25) is 4.72 Å². The predicted molar refractivity (Wildman–Crippen MR) is 111 cm³/mol. The van der Waals surface area contributed by atoms with Crippen LogP contribution in [0.15, 0.2) is 89.8 Å². The van der Waals surface area contributed by atoms with E-state index in [-0.39, 0.29) is 4.90 Å². The summed E-state index contributed by atoms with van der Waals surface area (Å²) in [6, 6.07) is 22.3. The number of benzene rings is 3. The van der Waals surface area contributed by atoms with Gasteiger partial charge in [0.15, 0.2) is 0 Å². The maximum atomic E-state index is 12.5. The van der Waals surface area contributed by atoms with Crippen LogP contribution < -0.4 is 9.46 Å². The normalized spacial score (nSPS) is 11.3. The van der Waals surface area contributed by atoms with E-state index in [2.05, 4.69) is 4.72 Å². The van der Waals surface area contributed by atoms with Crippen LogP contribution in [0.5, 0.6) is 5.75 Å². The zero-order valence-electron chi connectivity index (χ0n) is 15.4. The Bertz CT molecular complexity index is 1090. The maximum Gasteiger partial charge on any atom is 0.328 e. The van der Waals surface area contributed by atoms with Crippen molar-refractivity contribution in [1.82, 2.24) is 0 Å². The van der Waals surface area contributed by atoms with E-state index < -0.39 is 16.0 Å². The minimum absolute atomic E-state index is 0.0781. The Morgan fingerprint density at radius 1 is 0.931 bits per heavy atom. The number of carboxylic acids is 1. The second-order valence-electron chi connectivity index (χ2n) is 6.14. The number of aliphatic carboxylic acids is 1. The summed E-state index contributed by atoms with van der Waals surface area (Å²) in [5.41, 5.74) is 2.04. The van der Waals surface area contributed by atoms with Gasteiger partial charge in [-0.05, 0) is 53.6 Å². The van der Waals surface area contributed by atoms with Crippen LogP contribution in [0.25, 0.3) is 6.08 Å². The van der Waals surface area contributed by atoms with Gasteiger partial charge in [-0.15, -0.1) is 0 Å². The van der Waals surface area contributed by atoms with E-state index in [1.165, 1.54) is 30.3 Å². The average Bonchev–Trinajstić information content (AvgIpc) is 2.72. The third kappa shape index (κ3) is 5.95. The van der Waals surface area contributed by atoms with Gasteiger partial charge in [0.25, 0.3) is 10.0 Å². The van der Waals surface area contributed by atoms with Crippen LogP contribution in [0.2, 0.25) is 0 Å². The second-order valence-corrected chi connectivity index (χ2v) is 7.83. The summed E-state index contributed by atoms with van der Waals surface area (Å²) in [5.74, 6) is -0.439. The van der Waals surface area contributed by atoms with Crippen LogP contribution in [0.4, 0.5) is 5.69 Å². The number of anilines is 1. The molecule has 0 heterocycles. The van der Waals surface area contributed by atoms with Gasteiger partial charge in [0.2, 0.25) is 0 Å². The topological polar surface area (TPSA) is 92.7 Å². The standard InChI is InChI=1S/C22H19NO5S/c24-22(25)15-8-17-6-13-21(14-7-17)29(26,27)23-19-9-11-20(12-10-19)28-16-18-4-2-1-3-5-18/h1-15,23H,16H2,(H,24,25)/b15-8+. The van der Waals surface area contributed by atoms with Crippen molar-refractivity contribution in [3.8, 4) is 5.75 Å². The van der Waals surface area contributed by atoms with Crippen LogP contribution in [0, 0.1) is 0 Å². The van der Waals surface area contributed by atoms with Gasteiger partial charge >= 0.3 is 5.97 Å². The summed E-state index contributed by atoms with van der Waals surface area (Å²) in [7, 11) is -3.76. The molecule has 0 aromatic heterocycles. The Labute approximate surface area is 169 Å². The number of hydrogen-bond donors (Lipinski definition) is 2. The number of hydrogen-bond acceptors (Lipinski definition) is 4. The summed E-state index contributed by atoms with van der Waals surface area (Å²) in [6.45, 7) is 0.425. The van der Waals surface area contributed by atoms with Crippen molar-refractivity contribution in [1.29, 1.82) is 0 Å². The first-order chi connectivity index (χ1) is 13.9. The molecule has 0 saturated heterocycles. The number of rotatable bonds is 8. The van der Waals surface area contributed by atoms with E-state index in [9.17, 15) is 13.2 Å². The Morgan fingerprint density at radius 3 is 2.21 bits per heavy atom. The zero-order chi connectivity index (χ0) is 20.7. The molecule has 6 nitrogen and oxygen atoms in total. The van der Waals surface area contributed by atoms with E-state index in [0.717, 1.165) is 11.6 Å². The molecule has 0 aliphatic rings. The molecule has 3 aromatic carbocycles. The minimum Gasteiger partial charge on any atom is -0.489 e. The lowest BCUT2D eigenvalue weighted by Crippen LogP contribution is -2.12. The van der Waals surface area contributed by atoms with Crippen LogP contribution in [-0.4, -0.2) is 19.5 Å². The van der Waals surface area contributed by atoms with E-state index in [1.54, 1.807) is 24.3 Å². The van der Waals surface area contributed by atoms with Gasteiger partial charge in [-0.1, -0.05) is 42.5 Å². The van der Waals surface area contributed by atoms with Gasteiger partial charge in [-0.2, -0.15) is 0 Å². The first-order valence-corrected chi connectivity index (χ1v) is 10.2. The quantitative estimate of drug-likeness (QED) is 0.545. The van der Waals surface area contributed by atoms with Crippen LogP contribution in [-0.2, 0) is 21.4 Å². The molecule has 0 saturated carbocycles. The highest BCUT2D eigenvalue weighted by atomic mass is 32.2. The molecule has 0 bridgehead atoms. The van der Waals surface area contributed by atoms with Crippen molar-refractivity contribution in [2.45, 2.75) is 11.5 Å². The monoisotopic (exact) mass is 409 g/mol. The molecule has 7 heteroatoms. The molecular formula is C22H19NO5S. The molecule has 0 fully saturated rings. The Balaban J connectivity index is 1.63. The molecule has 0 aliphatic heterocycles. The molecule has 0 amide bonds. The summed E-state index contributed by atoms with van der Waals surface area (Å²) in [4.78, 5) is 10.6. The van der Waals surface area contributed by atoms with Crippen molar-refractivity contribution in [3.63, 3.8) is 0 Å². The fourth-order valence-electron chi connectivity index (χ4n) is 2.50. The van der Waals surface area contributed by atoms with Crippen LogP contribution in [0.3, 0.4) is 0 Å². The molecule has 3 aromatic rings. The fourth-order valence-corrected chi connectivity index (χ4v) is 3.56. The highest BCUT2D eigenvalue weighted by molar-refractivity contribution is 7.92. The molecular weight excluding hydrogens is 390 g/mol. The number of nitrogens with one attached hydrogen (secondary N) is 1. The first-order valence-electron chi connectivity index (χ1n) is 8.73. The van der Waals surface area contributed by atoms with Crippen LogP contribution in [0.1, 0.15) is 11.1 Å². The maximum absolute atomic E-state index is 12.5. The largest absolute Gasteiger partial charge is 0.489 e. The van der Waals surface area contributed by atoms with Crippen molar-refractivity contribution in [2.75, 3.05) is 4.72 Å². The highest BCUT2D eigenvalue weighted by Gasteiger charge is 2.14. The Morgan fingerprint density at radius 2 is 1.59 bits per heavy atom. The Hall–Kier alpha value is -3.58. The molecule has 0 aliphatic carbocycles. The van der Waals surface area contributed by atoms with E-state index in [0.29, 0.717) is 23.6 Å². The molecule has 0 atom stereocenters. The van der Waals surface area contributed by atoms with Gasteiger partial charge < -0.3 is 9.84 Å². The molecule has 3 rings (SSSR count). The van der Waals surface area contributed by atoms with Crippen molar-refractivity contribution in [3.05, 3.63) is 96.1 Å². The Kier molecular flexibility index (Phi) is 6.31. The number of carbonyl (C=O) groups is 1. The second kappa shape index (κ2) is 9.07. The van der Waals surface area contributed by atoms with E-state index >= 15 is 0 Å². The van der Waals surface area contributed by atoms with Gasteiger partial charge in [-0.25, -0.2) is 13.2 Å². The third-order valence-electron chi connectivity index (χ3n) is 3.96. The molecule has 0 spiro atoms. The smallest absolute Gasteiger partial charge is 0.328 e. The zero-order valence-corrected chi connectivity index (χ0v) is 16.2. The first kappa shape index (κ1) is 20.2. The van der Waals surface area contributed by atoms with E-state index in [1.807, 2.05) is 30.3 Å². The van der Waals surface area contributed by atoms with Gasteiger partial charge in [0.05, 0.1) is 4.90 Å². The summed E-state index contributed by atoms with van der Waals surface area (Å²) in [6.07, 6.45) is 2.38. The third-order valence-corrected chi connectivity index (χ3v) is 5.36. The number of sulfonamides is 1. The summed E-state index contributed by atoms with van der Waals surface area (Å²) >= 11 is 0. The molecule has 0 unspecified atom stereocenters. The molecule has 0 radical (unpaired) electrons. The van der Waals surface area contributed by atoms with Gasteiger partial charge in [0.1, 0.15) is 12.4 Å². The lowest BCUT2D eigenvalue weighted by molar-refractivity contribution is -0.131. The lowest BCUT2D eigenvalue weighted by atomic mass is 10.2. The predicted octanol–water partition coefficient (Wildman–Crippen LogP) is 4.16. The van der Waals surface area contributed by atoms with Gasteiger partial charge in [0, 0.05) is 11.8 Å². The molecule has 2 N–H and O–H groups in total. The lowest BCUT2D eigenvalue weighted by Gasteiger charge is -2.10. The van der Waals surface area contributed by atoms with Crippen LogP contribution >= 0.6 is 0 Å². The molecule has 29 heavy (non-hydrogen) atoms. The van der Waals surface area contributed by atoms with Crippen molar-refractivity contribution < 1.29 is 23.1 Å². The highest BCUT2D eigenvalue weighted by Crippen LogP contribution is 2.21. The SMILES string of the molecule is O=C(O)/C=C/c1ccc(S(=O)(=O)Nc2ccc(OCc3ccccc3)cc2)cc1. The number of carboxylic acid groups (broad SMARTS) is 1. The molecule has 148 valence electrons. The fraction of sp³-hybridized carbons (Fsp3) is 0.0455. The summed E-state index contributed by atoms with van der Waals surface area (Å²) in [5, 5.41) is 8.63. The average molecular weight is 409 g/mol. The van der Waals surface area contributed by atoms with E-state index in [4.69, 9.17) is 9.84 Å². The number of ether oxygens (including phenoxy) is 1. The van der Waals surface area contributed by atoms with Crippen molar-refractivity contribution in [2.24, 2.45) is 0 Å². The van der Waals surface area contributed by atoms with Crippen molar-refractivity contribution >= 4 is 27.8 Å². The minimum atomic E-state index is -3.76.